The van der Waals surface area contributed by atoms with Crippen molar-refractivity contribution in [1.29, 1.82) is 0 Å². The van der Waals surface area contributed by atoms with Crippen LogP contribution in [0.25, 0.3) is 0 Å². The molecule has 1 aromatic carbocycles. The van der Waals surface area contributed by atoms with Crippen LogP contribution < -0.4 is 25.0 Å². The van der Waals surface area contributed by atoms with E-state index >= 15 is 0 Å². The van der Waals surface area contributed by atoms with E-state index in [0.29, 0.717) is 12.0 Å². The van der Waals surface area contributed by atoms with Crippen LogP contribution in [0, 0.1) is 5.92 Å². The first-order valence-corrected chi connectivity index (χ1v) is 11.3. The summed E-state index contributed by atoms with van der Waals surface area (Å²) in [5.41, 5.74) is 1.16. The van der Waals surface area contributed by atoms with E-state index in [1.165, 1.54) is 25.9 Å². The van der Waals surface area contributed by atoms with Gasteiger partial charge in [-0.05, 0) is 58.7 Å². The van der Waals surface area contributed by atoms with Gasteiger partial charge in [0.15, 0.2) is 5.96 Å². The second-order valence-electron chi connectivity index (χ2n) is 8.44. The molecular formula is C23H40IN5O2. The number of anilines is 1. The minimum atomic E-state index is 0. The highest BCUT2D eigenvalue weighted by atomic mass is 127. The van der Waals surface area contributed by atoms with Crippen molar-refractivity contribution in [3.63, 3.8) is 0 Å². The predicted octanol–water partition coefficient (Wildman–Crippen LogP) is 3.19. The standard InChI is InChI=1S/C23H39N5O2.HI/c1-5-24-23(25-17-18-6-10-27(2)11-7-18)26-19-8-12-28(13-9-19)20-14-21(29-3)16-22(15-20)30-4;/h14-16,18-19H,5-13,17H2,1-4H3,(H2,24,25,26);1H. The van der Waals surface area contributed by atoms with Crippen LogP contribution in [0.1, 0.15) is 32.6 Å². The number of methoxy groups -OCH3 is 2. The fourth-order valence-corrected chi connectivity index (χ4v) is 4.24. The molecule has 7 nitrogen and oxygen atoms in total. The summed E-state index contributed by atoms with van der Waals surface area (Å²) < 4.78 is 10.9. The van der Waals surface area contributed by atoms with Gasteiger partial charge in [-0.3, -0.25) is 4.99 Å². The highest BCUT2D eigenvalue weighted by Gasteiger charge is 2.22. The Morgan fingerprint density at radius 1 is 1.00 bits per heavy atom. The van der Waals surface area contributed by atoms with Gasteiger partial charge in [0.25, 0.3) is 0 Å². The number of nitrogens with one attached hydrogen (secondary N) is 2. The van der Waals surface area contributed by atoms with Gasteiger partial charge in [-0.15, -0.1) is 24.0 Å². The number of ether oxygens (including phenoxy) is 2. The van der Waals surface area contributed by atoms with Crippen molar-refractivity contribution >= 4 is 35.6 Å². The highest BCUT2D eigenvalue weighted by Crippen LogP contribution is 2.30. The second kappa shape index (κ2) is 13.2. The molecule has 0 amide bonds. The number of hydrogen-bond acceptors (Lipinski definition) is 5. The summed E-state index contributed by atoms with van der Waals surface area (Å²) in [5.74, 6) is 3.35. The van der Waals surface area contributed by atoms with Crippen molar-refractivity contribution in [3.8, 4) is 11.5 Å². The molecular weight excluding hydrogens is 505 g/mol. The maximum Gasteiger partial charge on any atom is 0.191 e. The van der Waals surface area contributed by atoms with Gasteiger partial charge in [0.05, 0.1) is 14.2 Å². The van der Waals surface area contributed by atoms with Gasteiger partial charge in [-0.2, -0.15) is 0 Å². The van der Waals surface area contributed by atoms with Crippen molar-refractivity contribution in [2.24, 2.45) is 10.9 Å². The summed E-state index contributed by atoms with van der Waals surface area (Å²) in [7, 11) is 5.60. The Bertz CT molecular complexity index is 664. The van der Waals surface area contributed by atoms with Crippen molar-refractivity contribution in [2.75, 3.05) is 65.4 Å². The van der Waals surface area contributed by atoms with Crippen molar-refractivity contribution in [2.45, 2.75) is 38.6 Å². The van der Waals surface area contributed by atoms with Crippen LogP contribution in [0.5, 0.6) is 11.5 Å². The van der Waals surface area contributed by atoms with Crippen LogP contribution in [0.4, 0.5) is 5.69 Å². The molecule has 31 heavy (non-hydrogen) atoms. The minimum Gasteiger partial charge on any atom is -0.497 e. The molecule has 2 heterocycles. The average molecular weight is 546 g/mol. The topological polar surface area (TPSA) is 61.4 Å². The zero-order chi connectivity index (χ0) is 21.3. The molecule has 2 aliphatic heterocycles. The van der Waals surface area contributed by atoms with Crippen LogP contribution in [-0.4, -0.2) is 77.4 Å². The van der Waals surface area contributed by atoms with Gasteiger partial charge in [0, 0.05) is 56.1 Å². The first-order chi connectivity index (χ1) is 14.6. The van der Waals surface area contributed by atoms with Crippen LogP contribution in [0.15, 0.2) is 23.2 Å². The van der Waals surface area contributed by atoms with Crippen LogP contribution >= 0.6 is 24.0 Å². The Morgan fingerprint density at radius 3 is 2.16 bits per heavy atom. The van der Waals surface area contributed by atoms with Crippen LogP contribution in [0.3, 0.4) is 0 Å². The fraction of sp³-hybridized carbons (Fsp3) is 0.696. The molecule has 2 fully saturated rings. The van der Waals surface area contributed by atoms with Gasteiger partial charge < -0.3 is 29.9 Å². The Labute approximate surface area is 205 Å². The van der Waals surface area contributed by atoms with Crippen LogP contribution in [0.2, 0.25) is 0 Å². The Balaban J connectivity index is 0.00000341. The molecule has 8 heteroatoms. The molecule has 0 aliphatic carbocycles. The lowest BCUT2D eigenvalue weighted by atomic mass is 9.97. The molecule has 0 atom stereocenters. The Hall–Kier alpha value is -1.42. The third kappa shape index (κ3) is 7.89. The fourth-order valence-electron chi connectivity index (χ4n) is 4.24. The van der Waals surface area contributed by atoms with E-state index in [1.807, 2.05) is 6.07 Å². The monoisotopic (exact) mass is 545 g/mol. The van der Waals surface area contributed by atoms with Crippen molar-refractivity contribution in [1.82, 2.24) is 15.5 Å². The lowest BCUT2D eigenvalue weighted by Crippen LogP contribution is -2.49. The normalized spacial score (nSPS) is 19.0. The van der Waals surface area contributed by atoms with Gasteiger partial charge in [-0.1, -0.05) is 0 Å². The lowest BCUT2D eigenvalue weighted by Gasteiger charge is -2.35. The average Bonchev–Trinajstić information content (AvgIpc) is 2.78. The first-order valence-electron chi connectivity index (χ1n) is 11.3. The van der Waals surface area contributed by atoms with Crippen molar-refractivity contribution in [3.05, 3.63) is 18.2 Å². The molecule has 2 aliphatic rings. The number of likely N-dealkylation sites (tertiary alicyclic amines) is 1. The lowest BCUT2D eigenvalue weighted by molar-refractivity contribution is 0.223. The number of hydrogen-bond donors (Lipinski definition) is 2. The quantitative estimate of drug-likeness (QED) is 0.312. The van der Waals surface area contributed by atoms with Crippen molar-refractivity contribution < 1.29 is 9.47 Å². The maximum absolute atomic E-state index is 5.43. The zero-order valence-corrected chi connectivity index (χ0v) is 21.9. The molecule has 2 N–H and O–H groups in total. The molecule has 0 aromatic heterocycles. The highest BCUT2D eigenvalue weighted by molar-refractivity contribution is 14.0. The van der Waals surface area contributed by atoms with Gasteiger partial charge in [0.2, 0.25) is 0 Å². The molecule has 0 bridgehead atoms. The molecule has 1 aromatic rings. The van der Waals surface area contributed by atoms with E-state index in [2.05, 4.69) is 46.5 Å². The number of piperidine rings is 2. The second-order valence-corrected chi connectivity index (χ2v) is 8.44. The van der Waals surface area contributed by atoms with Gasteiger partial charge in [0.1, 0.15) is 11.5 Å². The summed E-state index contributed by atoms with van der Waals surface area (Å²) in [5, 5.41) is 7.11. The van der Waals surface area contributed by atoms with Crippen LogP contribution in [-0.2, 0) is 0 Å². The molecule has 0 saturated carbocycles. The third-order valence-electron chi connectivity index (χ3n) is 6.23. The summed E-state index contributed by atoms with van der Waals surface area (Å²) in [6.45, 7) is 8.33. The summed E-state index contributed by atoms with van der Waals surface area (Å²) in [4.78, 5) is 9.73. The van der Waals surface area contributed by atoms with Gasteiger partial charge in [-0.25, -0.2) is 0 Å². The molecule has 0 radical (unpaired) electrons. The summed E-state index contributed by atoms with van der Waals surface area (Å²) in [6, 6.07) is 6.54. The van der Waals surface area contributed by atoms with Gasteiger partial charge >= 0.3 is 0 Å². The summed E-state index contributed by atoms with van der Waals surface area (Å²) in [6.07, 6.45) is 4.67. The number of guanidine groups is 1. The Morgan fingerprint density at radius 2 is 1.61 bits per heavy atom. The predicted molar refractivity (Wildman–Crippen MR) is 140 cm³/mol. The van der Waals surface area contributed by atoms with E-state index in [9.17, 15) is 0 Å². The SMILES string of the molecule is CCNC(=NCC1CCN(C)CC1)NC1CCN(c2cc(OC)cc(OC)c2)CC1.I. The molecule has 0 unspecified atom stereocenters. The maximum atomic E-state index is 5.43. The van der Waals surface area contributed by atoms with E-state index in [-0.39, 0.29) is 24.0 Å². The number of rotatable bonds is 7. The van der Waals surface area contributed by atoms with E-state index in [1.54, 1.807) is 14.2 Å². The van der Waals surface area contributed by atoms with E-state index in [4.69, 9.17) is 14.5 Å². The molecule has 2 saturated heterocycles. The van der Waals surface area contributed by atoms with E-state index in [0.717, 1.165) is 62.2 Å². The number of halogens is 1. The Kier molecular flexibility index (Phi) is 11.0. The number of benzene rings is 1. The molecule has 3 rings (SSSR count). The number of aliphatic imine (C=N–C) groups is 1. The zero-order valence-electron chi connectivity index (χ0n) is 19.5. The first kappa shape index (κ1) is 25.8. The smallest absolute Gasteiger partial charge is 0.191 e. The third-order valence-corrected chi connectivity index (χ3v) is 6.23. The molecule has 176 valence electrons. The molecule has 0 spiro atoms. The largest absolute Gasteiger partial charge is 0.497 e. The van der Waals surface area contributed by atoms with E-state index < -0.39 is 0 Å². The minimum absolute atomic E-state index is 0. The number of nitrogens with zero attached hydrogens (tertiary/aromatic N) is 3. The summed E-state index contributed by atoms with van der Waals surface area (Å²) >= 11 is 0.